The smallest absolute Gasteiger partial charge is 0.0962 e. The first-order valence-corrected chi connectivity index (χ1v) is 3.70. The van der Waals surface area contributed by atoms with Crippen LogP contribution in [0.2, 0.25) is 0 Å². The molecule has 0 fully saturated rings. The van der Waals surface area contributed by atoms with Crippen LogP contribution in [-0.2, 0) is 4.74 Å². The molecule has 0 aromatic heterocycles. The summed E-state index contributed by atoms with van der Waals surface area (Å²) in [6.45, 7) is 1.13. The molecular formula is C7H16FNO. The molecule has 0 saturated carbocycles. The van der Waals surface area contributed by atoms with Crippen LogP contribution in [0.25, 0.3) is 0 Å². The molecule has 0 atom stereocenters. The van der Waals surface area contributed by atoms with Crippen molar-refractivity contribution in [1.82, 2.24) is 5.32 Å². The number of hydrogen-bond donors (Lipinski definition) is 1. The Balaban J connectivity index is 2.65. The van der Waals surface area contributed by atoms with Gasteiger partial charge in [0.05, 0.1) is 13.4 Å². The Hall–Kier alpha value is -0.150. The summed E-state index contributed by atoms with van der Waals surface area (Å²) in [6, 6.07) is 0. The first-order valence-electron chi connectivity index (χ1n) is 3.70. The van der Waals surface area contributed by atoms with Gasteiger partial charge in [-0.15, -0.1) is 0 Å². The van der Waals surface area contributed by atoms with Gasteiger partial charge in [0.25, 0.3) is 0 Å². The summed E-state index contributed by atoms with van der Waals surface area (Å²) in [5, 5.41) is 2.86. The van der Waals surface area contributed by atoms with Crippen molar-refractivity contribution in [3.05, 3.63) is 0 Å². The van der Waals surface area contributed by atoms with Crippen LogP contribution in [0.1, 0.15) is 19.3 Å². The lowest BCUT2D eigenvalue weighted by molar-refractivity contribution is 0.117. The fraction of sp³-hybridized carbons (Fsp3) is 1.00. The number of unbranched alkanes of at least 4 members (excludes halogenated alkanes) is 2. The second-order valence-electron chi connectivity index (χ2n) is 2.16. The zero-order valence-electron chi connectivity index (χ0n) is 6.53. The number of alkyl halides is 1. The van der Waals surface area contributed by atoms with Crippen LogP contribution >= 0.6 is 0 Å². The average Bonchev–Trinajstić information content (AvgIpc) is 1.97. The summed E-state index contributed by atoms with van der Waals surface area (Å²) in [5.41, 5.74) is 0. The SMILES string of the molecule is CNCOCCCCCF. The van der Waals surface area contributed by atoms with E-state index in [2.05, 4.69) is 5.32 Å². The highest BCUT2D eigenvalue weighted by Gasteiger charge is 1.87. The fourth-order valence-electron chi connectivity index (χ4n) is 0.650. The minimum Gasteiger partial charge on any atom is -0.366 e. The highest BCUT2D eigenvalue weighted by Crippen LogP contribution is 1.95. The molecule has 2 nitrogen and oxygen atoms in total. The van der Waals surface area contributed by atoms with Crippen molar-refractivity contribution in [3.63, 3.8) is 0 Å². The van der Waals surface area contributed by atoms with Crippen molar-refractivity contribution in [2.75, 3.05) is 27.1 Å². The number of rotatable bonds is 7. The molecule has 0 rings (SSSR count). The number of nitrogens with one attached hydrogen (secondary N) is 1. The van der Waals surface area contributed by atoms with E-state index in [1.54, 1.807) is 0 Å². The Morgan fingerprint density at radius 3 is 2.70 bits per heavy atom. The summed E-state index contributed by atoms with van der Waals surface area (Å²) in [5.74, 6) is 0. The van der Waals surface area contributed by atoms with Crippen LogP contribution in [0.5, 0.6) is 0 Å². The topological polar surface area (TPSA) is 21.3 Å². The van der Waals surface area contributed by atoms with E-state index < -0.39 is 0 Å². The van der Waals surface area contributed by atoms with Gasteiger partial charge in [-0.25, -0.2) is 0 Å². The third-order valence-corrected chi connectivity index (χ3v) is 1.17. The van der Waals surface area contributed by atoms with Crippen molar-refractivity contribution < 1.29 is 9.13 Å². The molecule has 0 aliphatic rings. The van der Waals surface area contributed by atoms with Gasteiger partial charge in [0.1, 0.15) is 0 Å². The lowest BCUT2D eigenvalue weighted by Gasteiger charge is -2.00. The zero-order valence-corrected chi connectivity index (χ0v) is 6.53. The molecule has 62 valence electrons. The predicted octanol–water partition coefficient (Wildman–Crippen LogP) is 1.32. The van der Waals surface area contributed by atoms with Gasteiger partial charge in [0.15, 0.2) is 0 Å². The van der Waals surface area contributed by atoms with E-state index in [4.69, 9.17) is 4.74 Å². The average molecular weight is 149 g/mol. The first kappa shape index (κ1) is 9.85. The highest BCUT2D eigenvalue weighted by molar-refractivity contribution is 4.38. The van der Waals surface area contributed by atoms with Crippen LogP contribution in [-0.4, -0.2) is 27.1 Å². The summed E-state index contributed by atoms with van der Waals surface area (Å²) in [4.78, 5) is 0. The second kappa shape index (κ2) is 8.85. The number of ether oxygens (including phenoxy) is 1. The van der Waals surface area contributed by atoms with Gasteiger partial charge in [-0.3, -0.25) is 9.71 Å². The quantitative estimate of drug-likeness (QED) is 0.435. The molecule has 0 aliphatic carbocycles. The van der Waals surface area contributed by atoms with Crippen LogP contribution in [0.4, 0.5) is 4.39 Å². The summed E-state index contributed by atoms with van der Waals surface area (Å²) in [7, 11) is 1.83. The maximum absolute atomic E-state index is 11.5. The van der Waals surface area contributed by atoms with Crippen molar-refractivity contribution in [2.45, 2.75) is 19.3 Å². The molecule has 0 bridgehead atoms. The lowest BCUT2D eigenvalue weighted by atomic mass is 10.3. The normalized spacial score (nSPS) is 10.2. The fourth-order valence-corrected chi connectivity index (χ4v) is 0.650. The Morgan fingerprint density at radius 2 is 2.10 bits per heavy atom. The Bertz CT molecular complexity index is 53.6. The molecule has 0 aromatic rings. The summed E-state index contributed by atoms with van der Waals surface area (Å²) < 4.78 is 16.6. The zero-order chi connectivity index (χ0) is 7.66. The molecule has 0 spiro atoms. The molecule has 3 heteroatoms. The maximum Gasteiger partial charge on any atom is 0.0962 e. The molecule has 10 heavy (non-hydrogen) atoms. The van der Waals surface area contributed by atoms with Gasteiger partial charge < -0.3 is 4.74 Å². The third-order valence-electron chi connectivity index (χ3n) is 1.17. The third kappa shape index (κ3) is 7.85. The van der Waals surface area contributed by atoms with E-state index >= 15 is 0 Å². The van der Waals surface area contributed by atoms with Crippen LogP contribution in [0.3, 0.4) is 0 Å². The second-order valence-corrected chi connectivity index (χ2v) is 2.16. The van der Waals surface area contributed by atoms with E-state index in [-0.39, 0.29) is 6.67 Å². The van der Waals surface area contributed by atoms with Gasteiger partial charge in [-0.2, -0.15) is 0 Å². The monoisotopic (exact) mass is 149 g/mol. The first-order chi connectivity index (χ1) is 4.91. The Morgan fingerprint density at radius 1 is 1.30 bits per heavy atom. The van der Waals surface area contributed by atoms with E-state index in [0.29, 0.717) is 13.2 Å². The number of hydrogen-bond acceptors (Lipinski definition) is 2. The molecule has 0 aromatic carbocycles. The molecule has 0 radical (unpaired) electrons. The minimum absolute atomic E-state index is 0.202. The van der Waals surface area contributed by atoms with E-state index in [9.17, 15) is 4.39 Å². The van der Waals surface area contributed by atoms with Gasteiger partial charge in [-0.05, 0) is 26.3 Å². The van der Waals surface area contributed by atoms with E-state index in [0.717, 1.165) is 19.4 Å². The van der Waals surface area contributed by atoms with Crippen molar-refractivity contribution in [3.8, 4) is 0 Å². The molecule has 0 unspecified atom stereocenters. The van der Waals surface area contributed by atoms with Crippen LogP contribution in [0, 0.1) is 0 Å². The summed E-state index contributed by atoms with van der Waals surface area (Å²) in [6.07, 6.45) is 2.56. The van der Waals surface area contributed by atoms with E-state index in [1.807, 2.05) is 7.05 Å². The van der Waals surface area contributed by atoms with Gasteiger partial charge >= 0.3 is 0 Å². The highest BCUT2D eigenvalue weighted by atomic mass is 19.1. The molecule has 0 saturated heterocycles. The standard InChI is InChI=1S/C7H16FNO/c1-9-7-10-6-4-2-3-5-8/h9H,2-7H2,1H3. The molecule has 0 aliphatic heterocycles. The van der Waals surface area contributed by atoms with Crippen LogP contribution < -0.4 is 5.32 Å². The lowest BCUT2D eigenvalue weighted by Crippen LogP contribution is -2.12. The minimum atomic E-state index is -0.202. The van der Waals surface area contributed by atoms with E-state index in [1.165, 1.54) is 0 Å². The maximum atomic E-state index is 11.5. The molecule has 1 N–H and O–H groups in total. The molecular weight excluding hydrogens is 133 g/mol. The molecule has 0 amide bonds. The van der Waals surface area contributed by atoms with Crippen molar-refractivity contribution in [2.24, 2.45) is 0 Å². The largest absolute Gasteiger partial charge is 0.366 e. The van der Waals surface area contributed by atoms with Crippen molar-refractivity contribution >= 4 is 0 Å². The Kier molecular flexibility index (Phi) is 8.72. The van der Waals surface area contributed by atoms with Gasteiger partial charge in [0, 0.05) is 6.61 Å². The Labute approximate surface area is 61.8 Å². The summed E-state index contributed by atoms with van der Waals surface area (Å²) >= 11 is 0. The van der Waals surface area contributed by atoms with Gasteiger partial charge in [-0.1, -0.05) is 0 Å². The van der Waals surface area contributed by atoms with Crippen LogP contribution in [0.15, 0.2) is 0 Å². The van der Waals surface area contributed by atoms with Gasteiger partial charge in [0.2, 0.25) is 0 Å². The number of halogens is 1. The van der Waals surface area contributed by atoms with Crippen molar-refractivity contribution in [1.29, 1.82) is 0 Å². The predicted molar refractivity (Wildman–Crippen MR) is 39.7 cm³/mol. The molecule has 0 heterocycles.